The van der Waals surface area contributed by atoms with Crippen LogP contribution in [-0.4, -0.2) is 33.5 Å². The minimum atomic E-state index is 0.536. The van der Waals surface area contributed by atoms with Crippen molar-refractivity contribution in [3.8, 4) is 22.9 Å². The lowest BCUT2D eigenvalue weighted by Crippen LogP contribution is -2.26. The Morgan fingerprint density at radius 2 is 1.04 bits per heavy atom. The van der Waals surface area contributed by atoms with Gasteiger partial charge in [-0.1, -0.05) is 24.3 Å². The fourth-order valence-corrected chi connectivity index (χ4v) is 2.77. The Bertz CT molecular complexity index is 869. The summed E-state index contributed by atoms with van der Waals surface area (Å²) in [5.74, 6) is 1.07. The zero-order valence-corrected chi connectivity index (χ0v) is 15.2. The Hall–Kier alpha value is -3.36. The highest BCUT2D eigenvalue weighted by atomic mass is 16.4. The number of rotatable bonds is 9. The van der Waals surface area contributed by atoms with Crippen molar-refractivity contribution in [3.63, 3.8) is 0 Å². The van der Waals surface area contributed by atoms with Crippen LogP contribution in [0.25, 0.3) is 22.9 Å². The number of hydrogen-bond acceptors (Lipinski definition) is 8. The third kappa shape index (κ3) is 4.67. The number of nitrogens with one attached hydrogen (secondary N) is 2. The van der Waals surface area contributed by atoms with Gasteiger partial charge >= 0.3 is 0 Å². The summed E-state index contributed by atoms with van der Waals surface area (Å²) in [6.45, 7) is 3.38. The maximum atomic E-state index is 5.19. The molecule has 8 heteroatoms. The van der Waals surface area contributed by atoms with Gasteiger partial charge in [-0.2, -0.15) is 0 Å². The highest BCUT2D eigenvalue weighted by Gasteiger charge is 2.04. The fraction of sp³-hybridized carbons (Fsp3) is 0.200. The molecule has 0 saturated heterocycles. The molecule has 142 valence electrons. The van der Waals surface area contributed by atoms with Crippen LogP contribution in [-0.2, 0) is 13.1 Å². The second kappa shape index (κ2) is 9.03. The minimum absolute atomic E-state index is 0.536. The predicted octanol–water partition coefficient (Wildman–Crippen LogP) is 2.67. The van der Waals surface area contributed by atoms with Crippen molar-refractivity contribution < 1.29 is 8.83 Å². The van der Waals surface area contributed by atoms with Crippen molar-refractivity contribution in [1.82, 2.24) is 31.0 Å². The molecule has 0 bridgehead atoms. The molecule has 0 aliphatic heterocycles. The third-order valence-corrected chi connectivity index (χ3v) is 4.26. The van der Waals surface area contributed by atoms with E-state index in [1.807, 2.05) is 24.3 Å². The van der Waals surface area contributed by atoms with Gasteiger partial charge in [-0.3, -0.25) is 0 Å². The van der Waals surface area contributed by atoms with Crippen LogP contribution in [0.4, 0.5) is 0 Å². The summed E-state index contributed by atoms with van der Waals surface area (Å²) in [5.41, 5.74) is 4.26. The molecule has 0 amide bonds. The highest BCUT2D eigenvalue weighted by molar-refractivity contribution is 5.53. The van der Waals surface area contributed by atoms with E-state index >= 15 is 0 Å². The van der Waals surface area contributed by atoms with Crippen LogP contribution in [0.3, 0.4) is 0 Å². The van der Waals surface area contributed by atoms with Crippen molar-refractivity contribution in [2.45, 2.75) is 13.1 Å². The van der Waals surface area contributed by atoms with Gasteiger partial charge in [-0.25, -0.2) is 0 Å². The van der Waals surface area contributed by atoms with Gasteiger partial charge in [0.2, 0.25) is 24.6 Å². The largest absolute Gasteiger partial charge is 0.423 e. The topological polar surface area (TPSA) is 102 Å². The normalized spacial score (nSPS) is 11.0. The van der Waals surface area contributed by atoms with Crippen LogP contribution in [0.1, 0.15) is 11.1 Å². The van der Waals surface area contributed by atoms with Crippen molar-refractivity contribution in [2.75, 3.05) is 13.1 Å². The molecule has 2 aromatic carbocycles. The van der Waals surface area contributed by atoms with Gasteiger partial charge in [-0.15, -0.1) is 20.4 Å². The molecule has 8 nitrogen and oxygen atoms in total. The van der Waals surface area contributed by atoms with Gasteiger partial charge < -0.3 is 19.5 Å². The highest BCUT2D eigenvalue weighted by Crippen LogP contribution is 2.17. The summed E-state index contributed by atoms with van der Waals surface area (Å²) < 4.78 is 10.4. The number of benzene rings is 2. The molecule has 0 unspecified atom stereocenters. The van der Waals surface area contributed by atoms with Gasteiger partial charge in [0.05, 0.1) is 0 Å². The zero-order chi connectivity index (χ0) is 19.0. The Morgan fingerprint density at radius 3 is 1.39 bits per heavy atom. The molecular weight excluding hydrogens is 356 g/mol. The lowest BCUT2D eigenvalue weighted by Gasteiger charge is -2.08. The SMILES string of the molecule is c1nnc(-c2ccc(CNCCNCc3ccc(-c4nnco4)cc3)cc2)o1. The molecule has 0 spiro atoms. The quantitative estimate of drug-likeness (QED) is 0.430. The first-order chi connectivity index (χ1) is 13.9. The first kappa shape index (κ1) is 18.0. The van der Waals surface area contributed by atoms with E-state index in [0.29, 0.717) is 11.8 Å². The van der Waals surface area contributed by atoms with Crippen LogP contribution in [0.5, 0.6) is 0 Å². The van der Waals surface area contributed by atoms with Gasteiger partial charge in [0, 0.05) is 37.3 Å². The standard InChI is InChI=1S/C20H20N6O2/c1-5-17(19-25-23-13-27-19)6-2-15(1)11-21-9-10-22-12-16-3-7-18(8-4-16)20-26-24-14-28-20/h1-8,13-14,21-22H,9-12H2. The van der Waals surface area contributed by atoms with Crippen molar-refractivity contribution in [3.05, 3.63) is 72.4 Å². The van der Waals surface area contributed by atoms with E-state index in [1.165, 1.54) is 23.9 Å². The fourth-order valence-electron chi connectivity index (χ4n) is 2.77. The molecular formula is C20H20N6O2. The van der Waals surface area contributed by atoms with Gasteiger partial charge in [0.25, 0.3) is 0 Å². The maximum absolute atomic E-state index is 5.19. The van der Waals surface area contributed by atoms with E-state index in [4.69, 9.17) is 8.83 Å². The summed E-state index contributed by atoms with van der Waals surface area (Å²) in [5, 5.41) is 22.0. The predicted molar refractivity (Wildman–Crippen MR) is 103 cm³/mol. The number of aromatic nitrogens is 4. The Kier molecular flexibility index (Phi) is 5.81. The third-order valence-electron chi connectivity index (χ3n) is 4.26. The molecule has 28 heavy (non-hydrogen) atoms. The Balaban J connectivity index is 1.14. The number of hydrogen-bond donors (Lipinski definition) is 2. The maximum Gasteiger partial charge on any atom is 0.247 e. The van der Waals surface area contributed by atoms with Crippen LogP contribution in [0.15, 0.2) is 70.2 Å². The first-order valence-electron chi connectivity index (χ1n) is 9.01. The molecule has 2 heterocycles. The monoisotopic (exact) mass is 376 g/mol. The van der Waals surface area contributed by atoms with Crippen molar-refractivity contribution in [1.29, 1.82) is 0 Å². The van der Waals surface area contributed by atoms with E-state index < -0.39 is 0 Å². The molecule has 0 fully saturated rings. The first-order valence-corrected chi connectivity index (χ1v) is 9.01. The molecule has 2 N–H and O–H groups in total. The van der Waals surface area contributed by atoms with E-state index in [-0.39, 0.29) is 0 Å². The molecule has 0 saturated carbocycles. The second-order valence-electron chi connectivity index (χ2n) is 6.24. The molecule has 0 atom stereocenters. The molecule has 0 radical (unpaired) electrons. The Labute approximate surface area is 162 Å². The van der Waals surface area contributed by atoms with E-state index in [9.17, 15) is 0 Å². The summed E-state index contributed by atoms with van der Waals surface area (Å²) in [6.07, 6.45) is 2.67. The molecule has 2 aromatic heterocycles. The summed E-state index contributed by atoms with van der Waals surface area (Å²) in [6, 6.07) is 16.2. The van der Waals surface area contributed by atoms with Crippen LogP contribution < -0.4 is 10.6 Å². The number of nitrogens with zero attached hydrogens (tertiary/aromatic N) is 4. The summed E-state index contributed by atoms with van der Waals surface area (Å²) in [4.78, 5) is 0. The van der Waals surface area contributed by atoms with Crippen molar-refractivity contribution in [2.24, 2.45) is 0 Å². The van der Waals surface area contributed by atoms with E-state index in [2.05, 4.69) is 55.3 Å². The lowest BCUT2D eigenvalue weighted by molar-refractivity contribution is 0.568. The van der Waals surface area contributed by atoms with Gasteiger partial charge in [0.15, 0.2) is 0 Å². The average molecular weight is 376 g/mol. The van der Waals surface area contributed by atoms with Crippen LogP contribution in [0, 0.1) is 0 Å². The average Bonchev–Trinajstić information content (AvgIpc) is 3.46. The zero-order valence-electron chi connectivity index (χ0n) is 15.2. The molecule has 4 aromatic rings. The summed E-state index contributed by atoms with van der Waals surface area (Å²) in [7, 11) is 0. The van der Waals surface area contributed by atoms with E-state index in [1.54, 1.807) is 0 Å². The van der Waals surface area contributed by atoms with Gasteiger partial charge in [-0.05, 0) is 35.4 Å². The van der Waals surface area contributed by atoms with E-state index in [0.717, 1.165) is 37.3 Å². The van der Waals surface area contributed by atoms with Crippen LogP contribution >= 0.6 is 0 Å². The second-order valence-corrected chi connectivity index (χ2v) is 6.24. The smallest absolute Gasteiger partial charge is 0.247 e. The molecule has 0 aliphatic rings. The lowest BCUT2D eigenvalue weighted by atomic mass is 10.1. The molecule has 0 aliphatic carbocycles. The summed E-state index contributed by atoms with van der Waals surface area (Å²) >= 11 is 0. The van der Waals surface area contributed by atoms with Crippen molar-refractivity contribution >= 4 is 0 Å². The minimum Gasteiger partial charge on any atom is -0.423 e. The van der Waals surface area contributed by atoms with Gasteiger partial charge in [0.1, 0.15) is 0 Å². The van der Waals surface area contributed by atoms with Crippen LogP contribution in [0.2, 0.25) is 0 Å². The molecule has 4 rings (SSSR count). The Morgan fingerprint density at radius 1 is 0.607 bits per heavy atom.